The lowest BCUT2D eigenvalue weighted by Gasteiger charge is -2.30. The van der Waals surface area contributed by atoms with Crippen molar-refractivity contribution in [3.05, 3.63) is 76.6 Å². The monoisotopic (exact) mass is 416 g/mol. The van der Waals surface area contributed by atoms with Crippen LogP contribution in [0.4, 0.5) is 0 Å². The Kier molecular flexibility index (Phi) is 4.97. The number of rotatable bonds is 4. The zero-order chi connectivity index (χ0) is 20.7. The maximum absolute atomic E-state index is 12.7. The number of benzene rings is 2. The molecule has 1 aliphatic heterocycles. The number of hydrogen-bond acceptors (Lipinski definition) is 4. The number of para-hydroxylation sites is 1. The van der Waals surface area contributed by atoms with Crippen molar-refractivity contribution < 1.29 is 4.79 Å². The van der Waals surface area contributed by atoms with Gasteiger partial charge in [0.05, 0.1) is 12.2 Å². The van der Waals surface area contributed by atoms with Gasteiger partial charge in [0.2, 0.25) is 4.77 Å². The molecule has 0 unspecified atom stereocenters. The predicted molar refractivity (Wildman–Crippen MR) is 121 cm³/mol. The average molecular weight is 417 g/mol. The topological polar surface area (TPSA) is 42.5 Å². The van der Waals surface area contributed by atoms with E-state index in [9.17, 15) is 4.79 Å². The molecule has 4 aromatic rings. The molecule has 152 valence electrons. The Balaban J connectivity index is 1.35. The van der Waals surface area contributed by atoms with Gasteiger partial charge in [-0.15, -0.1) is 0 Å². The summed E-state index contributed by atoms with van der Waals surface area (Å²) >= 11 is 5.78. The van der Waals surface area contributed by atoms with Crippen molar-refractivity contribution in [2.75, 3.05) is 13.1 Å². The molecule has 0 N–H and O–H groups in total. The molecule has 1 aliphatic rings. The normalized spacial score (nSPS) is 15.8. The smallest absolute Gasteiger partial charge is 0.204 e. The highest BCUT2D eigenvalue weighted by molar-refractivity contribution is 7.71. The summed E-state index contributed by atoms with van der Waals surface area (Å²) in [6.45, 7) is 4.51. The van der Waals surface area contributed by atoms with Gasteiger partial charge in [-0.1, -0.05) is 48.5 Å². The molecule has 1 fully saturated rings. The lowest BCUT2D eigenvalue weighted by Crippen LogP contribution is -2.37. The third-order valence-corrected chi connectivity index (χ3v) is 6.52. The van der Waals surface area contributed by atoms with E-state index in [2.05, 4.69) is 40.5 Å². The summed E-state index contributed by atoms with van der Waals surface area (Å²) in [5.41, 5.74) is 3.99. The average Bonchev–Trinajstić information content (AvgIpc) is 3.09. The van der Waals surface area contributed by atoms with Crippen LogP contribution in [0.15, 0.2) is 60.7 Å². The molecule has 1 saturated heterocycles. The Bertz CT molecular complexity index is 1280. The minimum Gasteiger partial charge on any atom is -0.294 e. The van der Waals surface area contributed by atoms with E-state index < -0.39 is 0 Å². The van der Waals surface area contributed by atoms with Gasteiger partial charge < -0.3 is 0 Å². The number of aryl methyl sites for hydroxylation is 1. The Morgan fingerprint density at radius 2 is 1.77 bits per heavy atom. The number of aromatic nitrogens is 3. The van der Waals surface area contributed by atoms with Crippen LogP contribution in [-0.2, 0) is 6.67 Å². The van der Waals surface area contributed by atoms with Gasteiger partial charge in [-0.05, 0) is 49.7 Å². The standard InChI is InChI=1S/C24H24N4OS/c1-17-15-22-25-27(24(30)28(22)21-10-6-5-9-20(17)21)16-26-13-11-19(12-14-26)23(29)18-7-3-2-4-8-18/h2-10,15,19H,11-14,16H2,1H3. The largest absolute Gasteiger partial charge is 0.294 e. The molecule has 0 atom stereocenters. The van der Waals surface area contributed by atoms with Gasteiger partial charge in [0, 0.05) is 30.0 Å². The third-order valence-electron chi connectivity index (χ3n) is 6.13. The van der Waals surface area contributed by atoms with Gasteiger partial charge in [0.15, 0.2) is 11.4 Å². The van der Waals surface area contributed by atoms with Crippen LogP contribution < -0.4 is 0 Å². The predicted octanol–water partition coefficient (Wildman–Crippen LogP) is 4.88. The molecule has 5 nitrogen and oxygen atoms in total. The summed E-state index contributed by atoms with van der Waals surface area (Å²) in [6.07, 6.45) is 1.74. The molecular formula is C24H24N4OS. The van der Waals surface area contributed by atoms with Gasteiger partial charge in [0.1, 0.15) is 0 Å². The van der Waals surface area contributed by atoms with Crippen molar-refractivity contribution in [1.29, 1.82) is 0 Å². The maximum atomic E-state index is 12.7. The highest BCUT2D eigenvalue weighted by Crippen LogP contribution is 2.24. The zero-order valence-corrected chi connectivity index (χ0v) is 17.8. The first-order valence-electron chi connectivity index (χ1n) is 10.4. The van der Waals surface area contributed by atoms with Gasteiger partial charge in [-0.25, -0.2) is 4.68 Å². The molecule has 30 heavy (non-hydrogen) atoms. The Hall–Kier alpha value is -2.83. The van der Waals surface area contributed by atoms with Gasteiger partial charge in [0.25, 0.3) is 0 Å². The number of piperidine rings is 1. The molecule has 0 bridgehead atoms. The van der Waals surface area contributed by atoms with Crippen LogP contribution in [0.1, 0.15) is 28.8 Å². The lowest BCUT2D eigenvalue weighted by atomic mass is 9.89. The van der Waals surface area contributed by atoms with Crippen LogP contribution in [0.25, 0.3) is 16.6 Å². The van der Waals surface area contributed by atoms with Gasteiger partial charge in [-0.2, -0.15) is 5.10 Å². The van der Waals surface area contributed by atoms with Crippen molar-refractivity contribution >= 4 is 34.6 Å². The minimum absolute atomic E-state index is 0.101. The first-order chi connectivity index (χ1) is 14.6. The molecule has 0 radical (unpaired) electrons. The second-order valence-electron chi connectivity index (χ2n) is 8.08. The SMILES string of the molecule is Cc1cc2nn(CN3CCC(C(=O)c4ccccc4)CC3)c(=S)n2c2ccccc12. The van der Waals surface area contributed by atoms with Crippen LogP contribution >= 0.6 is 12.2 Å². The van der Waals surface area contributed by atoms with Crippen LogP contribution in [0.3, 0.4) is 0 Å². The van der Waals surface area contributed by atoms with Gasteiger partial charge in [-0.3, -0.25) is 14.1 Å². The molecule has 2 aromatic heterocycles. The van der Waals surface area contributed by atoms with Crippen molar-refractivity contribution in [3.8, 4) is 0 Å². The molecule has 0 spiro atoms. The number of Topliss-reactive ketones (excluding diaryl/α,β-unsaturated/α-hetero) is 1. The first-order valence-corrected chi connectivity index (χ1v) is 10.8. The van der Waals surface area contributed by atoms with E-state index in [1.54, 1.807) is 0 Å². The minimum atomic E-state index is 0.101. The van der Waals surface area contributed by atoms with E-state index in [1.807, 2.05) is 41.1 Å². The summed E-state index contributed by atoms with van der Waals surface area (Å²) in [7, 11) is 0. The van der Waals surface area contributed by atoms with Crippen molar-refractivity contribution in [2.45, 2.75) is 26.4 Å². The van der Waals surface area contributed by atoms with E-state index in [0.717, 1.165) is 42.7 Å². The number of nitrogens with zero attached hydrogens (tertiary/aromatic N) is 4. The number of carbonyl (C=O) groups excluding carboxylic acids is 1. The quantitative estimate of drug-likeness (QED) is 0.351. The number of ketones is 1. The zero-order valence-electron chi connectivity index (χ0n) is 17.0. The Morgan fingerprint density at radius 1 is 1.07 bits per heavy atom. The molecule has 0 aliphatic carbocycles. The fourth-order valence-corrected chi connectivity index (χ4v) is 4.76. The fraction of sp³-hybridized carbons (Fsp3) is 0.292. The van der Waals surface area contributed by atoms with Crippen molar-refractivity contribution in [2.24, 2.45) is 5.92 Å². The van der Waals surface area contributed by atoms with E-state index >= 15 is 0 Å². The second-order valence-corrected chi connectivity index (χ2v) is 8.45. The molecule has 0 saturated carbocycles. The van der Waals surface area contributed by atoms with E-state index in [1.165, 1.54) is 10.9 Å². The van der Waals surface area contributed by atoms with Crippen molar-refractivity contribution in [3.63, 3.8) is 0 Å². The fourth-order valence-electron chi connectivity index (χ4n) is 4.47. The lowest BCUT2D eigenvalue weighted by molar-refractivity contribution is 0.0804. The molecule has 3 heterocycles. The molecule has 2 aromatic carbocycles. The Labute approximate surface area is 180 Å². The summed E-state index contributed by atoms with van der Waals surface area (Å²) in [5, 5.41) is 5.98. The summed E-state index contributed by atoms with van der Waals surface area (Å²) in [6, 6.07) is 20.0. The van der Waals surface area contributed by atoms with E-state index in [0.29, 0.717) is 11.4 Å². The van der Waals surface area contributed by atoms with Crippen molar-refractivity contribution in [1.82, 2.24) is 19.1 Å². The van der Waals surface area contributed by atoms with Crippen LogP contribution in [0.2, 0.25) is 0 Å². The Morgan fingerprint density at radius 3 is 2.53 bits per heavy atom. The maximum Gasteiger partial charge on any atom is 0.204 e. The van der Waals surface area contributed by atoms with E-state index in [-0.39, 0.29) is 11.7 Å². The summed E-state index contributed by atoms with van der Waals surface area (Å²) in [5.74, 6) is 0.367. The highest BCUT2D eigenvalue weighted by Gasteiger charge is 2.26. The number of carbonyl (C=O) groups is 1. The second kappa shape index (κ2) is 7.78. The molecule has 0 amide bonds. The van der Waals surface area contributed by atoms with Crippen LogP contribution in [0.5, 0.6) is 0 Å². The van der Waals surface area contributed by atoms with Gasteiger partial charge >= 0.3 is 0 Å². The number of pyridine rings is 1. The highest BCUT2D eigenvalue weighted by atomic mass is 32.1. The van der Waals surface area contributed by atoms with E-state index in [4.69, 9.17) is 17.3 Å². The van der Waals surface area contributed by atoms with Crippen LogP contribution in [-0.4, -0.2) is 38.0 Å². The summed E-state index contributed by atoms with van der Waals surface area (Å²) in [4.78, 5) is 15.1. The molecule has 5 rings (SSSR count). The van der Waals surface area contributed by atoms with Crippen LogP contribution in [0, 0.1) is 17.6 Å². The number of hydrogen-bond donors (Lipinski definition) is 0. The first kappa shape index (κ1) is 19.2. The number of fused-ring (bicyclic) bond motifs is 3. The third kappa shape index (κ3) is 3.36. The molecular weight excluding hydrogens is 392 g/mol. The molecule has 6 heteroatoms. The summed E-state index contributed by atoms with van der Waals surface area (Å²) < 4.78 is 4.68. The number of likely N-dealkylation sites (tertiary alicyclic amines) is 1.